The zero-order chi connectivity index (χ0) is 21.6. The van der Waals surface area contributed by atoms with Crippen LogP contribution in [0, 0.1) is 17.3 Å². The number of benzene rings is 1. The van der Waals surface area contributed by atoms with Crippen molar-refractivity contribution in [3.8, 4) is 5.75 Å². The molecule has 0 heterocycles. The molecule has 0 aliphatic heterocycles. The molecule has 0 amide bonds. The molecule has 2 fully saturated rings. The van der Waals surface area contributed by atoms with Gasteiger partial charge in [-0.05, 0) is 73.1 Å². The summed E-state index contributed by atoms with van der Waals surface area (Å²) in [4.78, 5) is 34.9. The summed E-state index contributed by atoms with van der Waals surface area (Å²) in [5.74, 6) is 0.726. The molecule has 4 rings (SSSR count). The van der Waals surface area contributed by atoms with Crippen molar-refractivity contribution < 1.29 is 28.6 Å². The van der Waals surface area contributed by atoms with Crippen LogP contribution < -0.4 is 4.74 Å². The van der Waals surface area contributed by atoms with Gasteiger partial charge < -0.3 is 14.2 Å². The van der Waals surface area contributed by atoms with Crippen molar-refractivity contribution in [1.82, 2.24) is 0 Å². The number of esters is 3. The second-order valence-corrected chi connectivity index (χ2v) is 9.31. The number of carbonyl (C=O) groups excluding carboxylic acids is 3. The van der Waals surface area contributed by atoms with Crippen LogP contribution in [0.1, 0.15) is 82.9 Å². The van der Waals surface area contributed by atoms with Crippen LogP contribution in [0.15, 0.2) is 18.2 Å². The minimum atomic E-state index is -0.372. The Morgan fingerprint density at radius 1 is 0.933 bits per heavy atom. The van der Waals surface area contributed by atoms with Gasteiger partial charge in [0.2, 0.25) is 0 Å². The van der Waals surface area contributed by atoms with E-state index in [1.54, 1.807) is 0 Å². The topological polar surface area (TPSA) is 78.9 Å². The molecule has 3 aliphatic carbocycles. The summed E-state index contributed by atoms with van der Waals surface area (Å²) in [5.41, 5.74) is 2.10. The molecular formula is C24H30O6. The number of fused-ring (bicyclic) bond motifs is 5. The SMILES string of the molecule is CC(=O)Oc1ccc2c(c1)[C@H](OC(C)=O)C[C@@H]1[C@@H]2CC[C@]2(C)[C@@H](OC(C)=O)CC[C@@H]12. The van der Waals surface area contributed by atoms with Crippen LogP contribution in [0.4, 0.5) is 0 Å². The van der Waals surface area contributed by atoms with E-state index >= 15 is 0 Å². The number of hydrogen-bond donors (Lipinski definition) is 0. The van der Waals surface area contributed by atoms with E-state index in [1.807, 2.05) is 18.2 Å². The molecule has 6 nitrogen and oxygen atoms in total. The van der Waals surface area contributed by atoms with E-state index in [0.29, 0.717) is 23.5 Å². The van der Waals surface area contributed by atoms with Gasteiger partial charge in [-0.25, -0.2) is 0 Å². The highest BCUT2D eigenvalue weighted by atomic mass is 16.5. The molecule has 6 atom stereocenters. The molecule has 0 bridgehead atoms. The molecule has 0 radical (unpaired) electrons. The maximum Gasteiger partial charge on any atom is 0.308 e. The smallest absolute Gasteiger partial charge is 0.308 e. The van der Waals surface area contributed by atoms with Gasteiger partial charge in [0, 0.05) is 26.2 Å². The van der Waals surface area contributed by atoms with Crippen LogP contribution in [0.3, 0.4) is 0 Å². The van der Waals surface area contributed by atoms with Crippen LogP contribution in [0.5, 0.6) is 5.75 Å². The fourth-order valence-electron chi connectivity index (χ4n) is 6.43. The fraction of sp³-hybridized carbons (Fsp3) is 0.625. The lowest BCUT2D eigenvalue weighted by molar-refractivity contribution is -0.157. The largest absolute Gasteiger partial charge is 0.462 e. The lowest BCUT2D eigenvalue weighted by Gasteiger charge is -2.51. The lowest BCUT2D eigenvalue weighted by atomic mass is 9.55. The lowest BCUT2D eigenvalue weighted by Crippen LogP contribution is -2.45. The van der Waals surface area contributed by atoms with Crippen molar-refractivity contribution in [1.29, 1.82) is 0 Å². The molecule has 0 N–H and O–H groups in total. The van der Waals surface area contributed by atoms with Gasteiger partial charge in [-0.15, -0.1) is 0 Å². The van der Waals surface area contributed by atoms with Crippen LogP contribution in [-0.4, -0.2) is 24.0 Å². The quantitative estimate of drug-likeness (QED) is 0.537. The van der Waals surface area contributed by atoms with Gasteiger partial charge in [-0.3, -0.25) is 14.4 Å². The predicted molar refractivity (Wildman–Crippen MR) is 109 cm³/mol. The Kier molecular flexibility index (Phi) is 5.37. The molecule has 0 unspecified atom stereocenters. The zero-order valence-corrected chi connectivity index (χ0v) is 18.1. The Labute approximate surface area is 177 Å². The van der Waals surface area contributed by atoms with Crippen molar-refractivity contribution in [3.05, 3.63) is 29.3 Å². The third-order valence-electron chi connectivity index (χ3n) is 7.52. The molecule has 0 spiro atoms. The summed E-state index contributed by atoms with van der Waals surface area (Å²) in [6.07, 6.45) is 4.25. The summed E-state index contributed by atoms with van der Waals surface area (Å²) >= 11 is 0. The van der Waals surface area contributed by atoms with E-state index in [-0.39, 0.29) is 35.5 Å². The van der Waals surface area contributed by atoms with Gasteiger partial charge in [0.15, 0.2) is 0 Å². The van der Waals surface area contributed by atoms with E-state index in [0.717, 1.165) is 37.7 Å². The molecule has 6 heteroatoms. The second kappa shape index (κ2) is 7.71. The van der Waals surface area contributed by atoms with Crippen LogP contribution in [-0.2, 0) is 23.9 Å². The maximum atomic E-state index is 11.8. The average molecular weight is 414 g/mol. The third kappa shape index (κ3) is 3.61. The highest BCUT2D eigenvalue weighted by molar-refractivity contribution is 5.70. The average Bonchev–Trinajstić information content (AvgIpc) is 2.97. The molecule has 1 aromatic carbocycles. The van der Waals surface area contributed by atoms with Gasteiger partial charge >= 0.3 is 17.9 Å². The summed E-state index contributed by atoms with van der Waals surface area (Å²) in [7, 11) is 0. The van der Waals surface area contributed by atoms with Crippen molar-refractivity contribution >= 4 is 17.9 Å². The van der Waals surface area contributed by atoms with E-state index in [4.69, 9.17) is 14.2 Å². The van der Waals surface area contributed by atoms with E-state index in [2.05, 4.69) is 6.92 Å². The Hall–Kier alpha value is -2.37. The van der Waals surface area contributed by atoms with Crippen molar-refractivity contribution in [2.24, 2.45) is 17.3 Å². The summed E-state index contributed by atoms with van der Waals surface area (Å²) in [6.45, 7) is 6.55. The van der Waals surface area contributed by atoms with Crippen LogP contribution in [0.25, 0.3) is 0 Å². The highest BCUT2D eigenvalue weighted by Gasteiger charge is 2.57. The first-order chi connectivity index (χ1) is 14.2. The molecule has 0 aromatic heterocycles. The van der Waals surface area contributed by atoms with Gasteiger partial charge in [-0.2, -0.15) is 0 Å². The Morgan fingerprint density at radius 3 is 2.33 bits per heavy atom. The Morgan fingerprint density at radius 2 is 1.67 bits per heavy atom. The number of rotatable bonds is 3. The highest BCUT2D eigenvalue weighted by Crippen LogP contribution is 2.63. The van der Waals surface area contributed by atoms with E-state index < -0.39 is 0 Å². The Balaban J connectivity index is 1.69. The summed E-state index contributed by atoms with van der Waals surface area (Å²) in [5, 5.41) is 0. The van der Waals surface area contributed by atoms with Gasteiger partial charge in [0.1, 0.15) is 18.0 Å². The second-order valence-electron chi connectivity index (χ2n) is 9.31. The first kappa shape index (κ1) is 20.9. The predicted octanol–water partition coefficient (Wildman–Crippen LogP) is 4.46. The molecule has 30 heavy (non-hydrogen) atoms. The zero-order valence-electron chi connectivity index (χ0n) is 18.1. The third-order valence-corrected chi connectivity index (χ3v) is 7.52. The number of ether oxygens (including phenoxy) is 3. The minimum Gasteiger partial charge on any atom is -0.462 e. The first-order valence-corrected chi connectivity index (χ1v) is 10.9. The van der Waals surface area contributed by atoms with E-state index in [9.17, 15) is 14.4 Å². The van der Waals surface area contributed by atoms with Gasteiger partial charge in [0.25, 0.3) is 0 Å². The number of carbonyl (C=O) groups is 3. The minimum absolute atomic E-state index is 0.0389. The molecule has 3 aliphatic rings. The van der Waals surface area contributed by atoms with Gasteiger partial charge in [0.05, 0.1) is 0 Å². The molecular weight excluding hydrogens is 384 g/mol. The van der Waals surface area contributed by atoms with Crippen molar-refractivity contribution in [3.63, 3.8) is 0 Å². The molecule has 0 saturated heterocycles. The van der Waals surface area contributed by atoms with E-state index in [1.165, 1.54) is 26.3 Å². The fourth-order valence-corrected chi connectivity index (χ4v) is 6.43. The maximum absolute atomic E-state index is 11.8. The summed E-state index contributed by atoms with van der Waals surface area (Å²) in [6, 6.07) is 5.71. The standard InChI is InChI=1S/C24H30O6/c1-13(25)28-16-5-6-17-18-9-10-24(4)21(7-8-23(24)30-15(3)27)19(18)12-22(20(17)11-16)29-14(2)26/h5-6,11,18-19,21-23H,7-10,12H2,1-4H3/t18-,19-,21+,22-,23+,24+/m1/s1. The molecule has 1 aromatic rings. The van der Waals surface area contributed by atoms with Crippen molar-refractivity contribution in [2.45, 2.75) is 77.9 Å². The summed E-state index contributed by atoms with van der Waals surface area (Å²) < 4.78 is 16.7. The Bertz CT molecular complexity index is 876. The van der Waals surface area contributed by atoms with Crippen molar-refractivity contribution in [2.75, 3.05) is 0 Å². The van der Waals surface area contributed by atoms with Crippen LogP contribution >= 0.6 is 0 Å². The number of hydrogen-bond acceptors (Lipinski definition) is 6. The monoisotopic (exact) mass is 414 g/mol. The normalized spacial score (nSPS) is 34.2. The molecule has 2 saturated carbocycles. The van der Waals surface area contributed by atoms with Crippen LogP contribution in [0.2, 0.25) is 0 Å². The van der Waals surface area contributed by atoms with Gasteiger partial charge in [-0.1, -0.05) is 13.0 Å². The molecule has 162 valence electrons. The first-order valence-electron chi connectivity index (χ1n) is 10.9.